The van der Waals surface area contributed by atoms with Gasteiger partial charge in [-0.2, -0.15) is 0 Å². The number of ether oxygens (including phenoxy) is 1. The van der Waals surface area contributed by atoms with E-state index in [1.165, 1.54) is 6.08 Å². The highest BCUT2D eigenvalue weighted by Crippen LogP contribution is 2.15. The van der Waals surface area contributed by atoms with E-state index in [9.17, 15) is 4.79 Å². The van der Waals surface area contributed by atoms with Gasteiger partial charge in [-0.25, -0.2) is 4.79 Å². The molecule has 0 saturated heterocycles. The van der Waals surface area contributed by atoms with E-state index in [1.807, 2.05) is 19.1 Å². The number of halogens is 1. The molecule has 1 rings (SSSR count). The zero-order valence-electron chi connectivity index (χ0n) is 6.87. The van der Waals surface area contributed by atoms with Crippen LogP contribution in [0, 0.1) is 0 Å². The number of rotatable bonds is 2. The Hall–Kier alpha value is -0.760. The van der Waals surface area contributed by atoms with Gasteiger partial charge in [0.05, 0.1) is 5.38 Å². The van der Waals surface area contributed by atoms with E-state index in [0.29, 0.717) is 0 Å². The first-order chi connectivity index (χ1) is 5.74. The fraction of sp³-hybridized carbons (Fsp3) is 0.444. The summed E-state index contributed by atoms with van der Waals surface area (Å²) >= 11 is 5.87. The van der Waals surface area contributed by atoms with Gasteiger partial charge in [0, 0.05) is 6.08 Å². The fourth-order valence-electron chi connectivity index (χ4n) is 0.934. The van der Waals surface area contributed by atoms with E-state index in [1.54, 1.807) is 6.08 Å². The number of carbonyl (C=O) groups is 1. The fourth-order valence-corrected chi connectivity index (χ4v) is 1.14. The molecule has 66 valence electrons. The van der Waals surface area contributed by atoms with Gasteiger partial charge in [0.15, 0.2) is 0 Å². The summed E-state index contributed by atoms with van der Waals surface area (Å²) in [6.45, 7) is 2.01. The van der Waals surface area contributed by atoms with Gasteiger partial charge in [-0.15, -0.1) is 11.6 Å². The van der Waals surface area contributed by atoms with Gasteiger partial charge >= 0.3 is 5.97 Å². The van der Waals surface area contributed by atoms with Gasteiger partial charge in [0.1, 0.15) is 6.10 Å². The largest absolute Gasteiger partial charge is 0.453 e. The van der Waals surface area contributed by atoms with Gasteiger partial charge in [0.2, 0.25) is 0 Å². The summed E-state index contributed by atoms with van der Waals surface area (Å²) in [5.74, 6) is -0.322. The van der Waals surface area contributed by atoms with Gasteiger partial charge in [0.25, 0.3) is 0 Å². The Bertz CT molecular complexity index is 221. The summed E-state index contributed by atoms with van der Waals surface area (Å²) in [6.07, 6.45) is 7.38. The molecular formula is C9H11ClO2. The van der Waals surface area contributed by atoms with Gasteiger partial charge < -0.3 is 4.74 Å². The van der Waals surface area contributed by atoms with Crippen LogP contribution in [0.1, 0.15) is 13.3 Å². The Morgan fingerprint density at radius 3 is 3.17 bits per heavy atom. The summed E-state index contributed by atoms with van der Waals surface area (Å²) < 4.78 is 4.96. The van der Waals surface area contributed by atoms with Crippen LogP contribution < -0.4 is 0 Å². The summed E-state index contributed by atoms with van der Waals surface area (Å²) in [6, 6.07) is 0. The van der Waals surface area contributed by atoms with Crippen LogP contribution in [-0.4, -0.2) is 17.5 Å². The third-order valence-electron chi connectivity index (χ3n) is 1.54. The Labute approximate surface area is 76.9 Å². The van der Waals surface area contributed by atoms with E-state index < -0.39 is 0 Å². The van der Waals surface area contributed by atoms with Crippen molar-refractivity contribution in [2.45, 2.75) is 24.8 Å². The molecule has 0 spiro atoms. The molecule has 0 bridgehead atoms. The summed E-state index contributed by atoms with van der Waals surface area (Å²) in [4.78, 5) is 10.8. The first-order valence-corrected chi connectivity index (χ1v) is 4.37. The van der Waals surface area contributed by atoms with Crippen LogP contribution in [0.15, 0.2) is 24.3 Å². The van der Waals surface area contributed by atoms with Crippen LogP contribution in [0.4, 0.5) is 0 Å². The van der Waals surface area contributed by atoms with Crippen LogP contribution in [0.3, 0.4) is 0 Å². The molecule has 0 aliphatic carbocycles. The van der Waals surface area contributed by atoms with Crippen molar-refractivity contribution in [2.24, 2.45) is 0 Å². The topological polar surface area (TPSA) is 26.3 Å². The van der Waals surface area contributed by atoms with Crippen molar-refractivity contribution < 1.29 is 9.53 Å². The molecule has 2 atom stereocenters. The maximum absolute atomic E-state index is 10.8. The Morgan fingerprint density at radius 1 is 1.75 bits per heavy atom. The quantitative estimate of drug-likeness (QED) is 0.375. The maximum atomic E-state index is 10.8. The lowest BCUT2D eigenvalue weighted by Crippen LogP contribution is -2.27. The van der Waals surface area contributed by atoms with Crippen molar-refractivity contribution >= 4 is 17.6 Å². The van der Waals surface area contributed by atoms with E-state index in [4.69, 9.17) is 16.3 Å². The summed E-state index contributed by atoms with van der Waals surface area (Å²) in [5.41, 5.74) is 0. The lowest BCUT2D eigenvalue weighted by Gasteiger charge is -2.19. The van der Waals surface area contributed by atoms with Crippen LogP contribution in [0.25, 0.3) is 0 Å². The molecule has 12 heavy (non-hydrogen) atoms. The minimum absolute atomic E-state index is 0.231. The van der Waals surface area contributed by atoms with Crippen molar-refractivity contribution in [3.63, 3.8) is 0 Å². The first kappa shape index (κ1) is 9.33. The molecule has 0 saturated carbocycles. The van der Waals surface area contributed by atoms with Gasteiger partial charge in [-0.1, -0.05) is 19.1 Å². The number of allylic oxidation sites excluding steroid dienone is 1. The number of carbonyl (C=O) groups excluding carboxylic acids is 1. The molecular weight excluding hydrogens is 176 g/mol. The second-order valence-electron chi connectivity index (χ2n) is 2.54. The molecule has 0 aromatic rings. The van der Waals surface area contributed by atoms with E-state index in [2.05, 4.69) is 0 Å². The smallest absolute Gasteiger partial charge is 0.331 e. The molecule has 0 radical (unpaired) electrons. The predicted octanol–water partition coefficient (Wildman–Crippen LogP) is 2.04. The average Bonchev–Trinajstić information content (AvgIpc) is 2.07. The average molecular weight is 187 g/mol. The van der Waals surface area contributed by atoms with E-state index in [-0.39, 0.29) is 17.5 Å². The molecule has 0 unspecified atom stereocenters. The Morgan fingerprint density at radius 2 is 2.50 bits per heavy atom. The summed E-state index contributed by atoms with van der Waals surface area (Å²) in [7, 11) is 0. The normalized spacial score (nSPS) is 29.3. The van der Waals surface area contributed by atoms with Gasteiger partial charge in [-0.05, 0) is 12.5 Å². The van der Waals surface area contributed by atoms with Crippen molar-refractivity contribution in [1.29, 1.82) is 0 Å². The van der Waals surface area contributed by atoms with Crippen LogP contribution in [0.2, 0.25) is 0 Å². The highest BCUT2D eigenvalue weighted by Gasteiger charge is 2.21. The Balaban J connectivity index is 2.59. The highest BCUT2D eigenvalue weighted by molar-refractivity contribution is 6.23. The van der Waals surface area contributed by atoms with E-state index in [0.717, 1.165) is 6.42 Å². The second-order valence-corrected chi connectivity index (χ2v) is 3.05. The van der Waals surface area contributed by atoms with Crippen molar-refractivity contribution in [2.75, 3.05) is 0 Å². The molecule has 2 nitrogen and oxygen atoms in total. The van der Waals surface area contributed by atoms with E-state index >= 15 is 0 Å². The predicted molar refractivity (Wildman–Crippen MR) is 48.1 cm³/mol. The minimum atomic E-state index is -0.322. The van der Waals surface area contributed by atoms with Crippen LogP contribution in [0.5, 0.6) is 0 Å². The van der Waals surface area contributed by atoms with Crippen molar-refractivity contribution in [3.8, 4) is 0 Å². The molecule has 1 heterocycles. The molecule has 0 aromatic carbocycles. The first-order valence-electron chi connectivity index (χ1n) is 3.93. The zero-order valence-corrected chi connectivity index (χ0v) is 7.62. The SMILES string of the molecule is CC/C=C/[C@H]1OC(=O)C=C[C@@H]1Cl. The molecule has 0 aromatic heterocycles. The number of hydrogen-bond donors (Lipinski definition) is 0. The van der Waals surface area contributed by atoms with Crippen LogP contribution >= 0.6 is 11.6 Å². The number of hydrogen-bond acceptors (Lipinski definition) is 2. The Kier molecular flexibility index (Phi) is 3.35. The van der Waals surface area contributed by atoms with Crippen molar-refractivity contribution in [1.82, 2.24) is 0 Å². The molecule has 0 fully saturated rings. The monoisotopic (exact) mass is 186 g/mol. The highest BCUT2D eigenvalue weighted by atomic mass is 35.5. The lowest BCUT2D eigenvalue weighted by atomic mass is 10.1. The summed E-state index contributed by atoms with van der Waals surface area (Å²) in [5, 5.41) is -0.231. The number of esters is 1. The molecule has 1 aliphatic rings. The zero-order chi connectivity index (χ0) is 8.97. The van der Waals surface area contributed by atoms with Gasteiger partial charge in [-0.3, -0.25) is 0 Å². The molecule has 1 aliphatic heterocycles. The second kappa shape index (κ2) is 4.31. The third kappa shape index (κ3) is 2.38. The standard InChI is InChI=1S/C9H11ClO2/c1-2-3-4-8-7(10)5-6-9(11)12-8/h3-8H,2H2,1H3/b4-3+/t7-,8+/m0/s1. The number of alkyl halides is 1. The molecule has 0 amide bonds. The number of cyclic esters (lactones) is 1. The van der Waals surface area contributed by atoms with Crippen LogP contribution in [-0.2, 0) is 9.53 Å². The molecule has 3 heteroatoms. The minimum Gasteiger partial charge on any atom is -0.453 e. The van der Waals surface area contributed by atoms with Crippen molar-refractivity contribution in [3.05, 3.63) is 24.3 Å². The third-order valence-corrected chi connectivity index (χ3v) is 1.94. The molecule has 0 N–H and O–H groups in total. The lowest BCUT2D eigenvalue weighted by molar-refractivity contribution is -0.141. The maximum Gasteiger partial charge on any atom is 0.331 e.